The highest BCUT2D eigenvalue weighted by molar-refractivity contribution is 5.87. The summed E-state index contributed by atoms with van der Waals surface area (Å²) in [7, 11) is 1.52. The van der Waals surface area contributed by atoms with Crippen molar-refractivity contribution in [2.24, 2.45) is 0 Å². The standard InChI is InChI=1S/C7H5NO4.C7H8O2/c9-7(10)5-1-3-6(4-2-5)8(11)12;1-9-7-5-3-2-4-6(7)8/h1-4H,(H,9,10);2-5,8H,1H3. The minimum atomic E-state index is -1.09. The highest BCUT2D eigenvalue weighted by atomic mass is 16.6. The monoisotopic (exact) mass is 291 g/mol. The van der Waals surface area contributed by atoms with Gasteiger partial charge < -0.3 is 14.9 Å². The van der Waals surface area contributed by atoms with E-state index in [0.717, 1.165) is 12.1 Å². The van der Waals surface area contributed by atoms with E-state index in [1.54, 1.807) is 24.3 Å². The van der Waals surface area contributed by atoms with Crippen molar-refractivity contribution in [2.45, 2.75) is 0 Å². The van der Waals surface area contributed by atoms with Crippen LogP contribution < -0.4 is 4.74 Å². The summed E-state index contributed by atoms with van der Waals surface area (Å²) >= 11 is 0. The van der Waals surface area contributed by atoms with Crippen LogP contribution in [0.1, 0.15) is 10.4 Å². The number of rotatable bonds is 3. The molecule has 0 atom stereocenters. The smallest absolute Gasteiger partial charge is 0.335 e. The summed E-state index contributed by atoms with van der Waals surface area (Å²) in [6.45, 7) is 0. The SMILES string of the molecule is COc1ccccc1O.O=C(O)c1ccc([N+](=O)[O-])cc1. The molecule has 7 nitrogen and oxygen atoms in total. The lowest BCUT2D eigenvalue weighted by atomic mass is 10.2. The molecule has 0 bridgehead atoms. The Labute approximate surface area is 120 Å². The number of aromatic carboxylic acids is 1. The summed E-state index contributed by atoms with van der Waals surface area (Å²) in [6.07, 6.45) is 0. The number of non-ortho nitro benzene ring substituents is 1. The number of carbonyl (C=O) groups is 1. The number of benzene rings is 2. The van der Waals surface area contributed by atoms with Gasteiger partial charge in [-0.25, -0.2) is 4.79 Å². The molecule has 2 aromatic rings. The van der Waals surface area contributed by atoms with Gasteiger partial charge in [0.15, 0.2) is 11.5 Å². The Kier molecular flexibility index (Phi) is 5.69. The van der Waals surface area contributed by atoms with E-state index in [4.69, 9.17) is 14.9 Å². The highest BCUT2D eigenvalue weighted by Gasteiger charge is 2.06. The molecule has 0 unspecified atom stereocenters. The van der Waals surface area contributed by atoms with Gasteiger partial charge in [-0.3, -0.25) is 10.1 Å². The van der Waals surface area contributed by atoms with Crippen molar-refractivity contribution in [2.75, 3.05) is 7.11 Å². The third kappa shape index (κ3) is 4.83. The van der Waals surface area contributed by atoms with Crippen LogP contribution >= 0.6 is 0 Å². The third-order valence-electron chi connectivity index (χ3n) is 2.41. The summed E-state index contributed by atoms with van der Waals surface area (Å²) in [5.74, 6) is -0.401. The number of carboxylic acid groups (broad SMARTS) is 1. The van der Waals surface area contributed by atoms with Crippen LogP contribution in [-0.4, -0.2) is 28.2 Å². The zero-order valence-corrected chi connectivity index (χ0v) is 11.1. The average molecular weight is 291 g/mol. The summed E-state index contributed by atoms with van der Waals surface area (Å²) < 4.78 is 4.79. The van der Waals surface area contributed by atoms with Gasteiger partial charge >= 0.3 is 5.97 Å². The first kappa shape index (κ1) is 16.0. The molecule has 0 radical (unpaired) electrons. The summed E-state index contributed by atoms with van der Waals surface area (Å²) in [5, 5.41) is 27.6. The topological polar surface area (TPSA) is 110 Å². The Bertz CT molecular complexity index is 591. The van der Waals surface area contributed by atoms with E-state index in [9.17, 15) is 14.9 Å². The second kappa shape index (κ2) is 7.49. The zero-order valence-electron chi connectivity index (χ0n) is 11.1. The maximum Gasteiger partial charge on any atom is 0.335 e. The van der Waals surface area contributed by atoms with Crippen molar-refractivity contribution in [3.8, 4) is 11.5 Å². The van der Waals surface area contributed by atoms with Gasteiger partial charge in [0, 0.05) is 12.1 Å². The molecule has 110 valence electrons. The lowest BCUT2D eigenvalue weighted by Crippen LogP contribution is -1.96. The number of para-hydroxylation sites is 2. The van der Waals surface area contributed by atoms with E-state index in [2.05, 4.69) is 0 Å². The number of hydrogen-bond donors (Lipinski definition) is 2. The molecule has 0 spiro atoms. The number of nitrogens with zero attached hydrogens (tertiary/aromatic N) is 1. The lowest BCUT2D eigenvalue weighted by Gasteiger charge is -1.99. The van der Waals surface area contributed by atoms with E-state index in [1.165, 1.54) is 19.2 Å². The van der Waals surface area contributed by atoms with Crippen LogP contribution in [-0.2, 0) is 0 Å². The van der Waals surface area contributed by atoms with Crippen LogP contribution in [0.2, 0.25) is 0 Å². The molecular weight excluding hydrogens is 278 g/mol. The number of phenols is 1. The Morgan fingerprint density at radius 3 is 2.10 bits per heavy atom. The number of nitro groups is 1. The van der Waals surface area contributed by atoms with Crippen LogP contribution in [0.4, 0.5) is 5.69 Å². The van der Waals surface area contributed by atoms with Gasteiger partial charge in [0.2, 0.25) is 0 Å². The van der Waals surface area contributed by atoms with Gasteiger partial charge in [-0.05, 0) is 24.3 Å². The van der Waals surface area contributed by atoms with Gasteiger partial charge in [0.25, 0.3) is 5.69 Å². The van der Waals surface area contributed by atoms with Crippen LogP contribution in [0.3, 0.4) is 0 Å². The van der Waals surface area contributed by atoms with Crippen molar-refractivity contribution in [1.29, 1.82) is 0 Å². The van der Waals surface area contributed by atoms with E-state index in [0.29, 0.717) is 5.75 Å². The molecule has 0 fully saturated rings. The second-order valence-electron chi connectivity index (χ2n) is 3.78. The van der Waals surface area contributed by atoms with E-state index >= 15 is 0 Å². The molecule has 0 aliphatic rings. The van der Waals surface area contributed by atoms with E-state index in [1.807, 2.05) is 0 Å². The number of phenolic OH excluding ortho intramolecular Hbond substituents is 1. The van der Waals surface area contributed by atoms with Crippen molar-refractivity contribution in [3.63, 3.8) is 0 Å². The largest absolute Gasteiger partial charge is 0.504 e. The normalized spacial score (nSPS) is 9.19. The number of ether oxygens (including phenoxy) is 1. The molecule has 0 heterocycles. The molecule has 0 saturated heterocycles. The molecule has 0 saturated carbocycles. The predicted molar refractivity (Wildman–Crippen MR) is 74.7 cm³/mol. The summed E-state index contributed by atoms with van der Waals surface area (Å²) in [5.41, 5.74) is -0.0689. The van der Waals surface area contributed by atoms with Crippen molar-refractivity contribution in [3.05, 3.63) is 64.2 Å². The molecule has 0 aliphatic carbocycles. The summed E-state index contributed by atoms with van der Waals surface area (Å²) in [4.78, 5) is 19.9. The van der Waals surface area contributed by atoms with Crippen LogP contribution in [0.5, 0.6) is 11.5 Å². The third-order valence-corrected chi connectivity index (χ3v) is 2.41. The fourth-order valence-electron chi connectivity index (χ4n) is 1.36. The molecule has 0 amide bonds. The van der Waals surface area contributed by atoms with Crippen LogP contribution in [0.25, 0.3) is 0 Å². The van der Waals surface area contributed by atoms with Gasteiger partial charge in [-0.1, -0.05) is 12.1 Å². The number of carboxylic acids is 1. The number of hydrogen-bond acceptors (Lipinski definition) is 5. The fourth-order valence-corrected chi connectivity index (χ4v) is 1.36. The fraction of sp³-hybridized carbons (Fsp3) is 0.0714. The maximum absolute atomic E-state index is 10.3. The van der Waals surface area contributed by atoms with Crippen molar-refractivity contribution < 1.29 is 24.7 Å². The molecule has 2 rings (SSSR count). The van der Waals surface area contributed by atoms with E-state index in [-0.39, 0.29) is 17.0 Å². The van der Waals surface area contributed by atoms with Gasteiger partial charge in [0.1, 0.15) is 0 Å². The lowest BCUT2D eigenvalue weighted by molar-refractivity contribution is -0.384. The molecule has 0 aliphatic heterocycles. The van der Waals surface area contributed by atoms with Gasteiger partial charge in [0.05, 0.1) is 17.6 Å². The van der Waals surface area contributed by atoms with Gasteiger partial charge in [-0.2, -0.15) is 0 Å². The summed E-state index contributed by atoms with van der Waals surface area (Å²) in [6, 6.07) is 11.5. The molecule has 21 heavy (non-hydrogen) atoms. The first-order valence-electron chi connectivity index (χ1n) is 5.75. The first-order chi connectivity index (χ1) is 9.95. The Morgan fingerprint density at radius 2 is 1.71 bits per heavy atom. The quantitative estimate of drug-likeness (QED) is 0.664. The Morgan fingerprint density at radius 1 is 1.14 bits per heavy atom. The minimum Gasteiger partial charge on any atom is -0.504 e. The van der Waals surface area contributed by atoms with Crippen molar-refractivity contribution in [1.82, 2.24) is 0 Å². The van der Waals surface area contributed by atoms with Crippen LogP contribution in [0.15, 0.2) is 48.5 Å². The predicted octanol–water partition coefficient (Wildman–Crippen LogP) is 2.69. The first-order valence-corrected chi connectivity index (χ1v) is 5.75. The molecule has 0 aromatic heterocycles. The second-order valence-corrected chi connectivity index (χ2v) is 3.78. The highest BCUT2D eigenvalue weighted by Crippen LogP contribution is 2.23. The zero-order chi connectivity index (χ0) is 15.8. The van der Waals surface area contributed by atoms with Crippen LogP contribution in [0, 0.1) is 10.1 Å². The Hall–Kier alpha value is -3.09. The number of methoxy groups -OCH3 is 1. The minimum absolute atomic E-state index is 0.0422. The van der Waals surface area contributed by atoms with E-state index < -0.39 is 10.9 Å². The van der Waals surface area contributed by atoms with Crippen molar-refractivity contribution >= 4 is 11.7 Å². The molecule has 2 N–H and O–H groups in total. The number of nitro benzene ring substituents is 1. The average Bonchev–Trinajstić information content (AvgIpc) is 2.48. The van der Waals surface area contributed by atoms with Gasteiger partial charge in [-0.15, -0.1) is 0 Å². The Balaban J connectivity index is 0.000000219. The number of aromatic hydroxyl groups is 1. The maximum atomic E-state index is 10.3. The molecule has 2 aromatic carbocycles. The molecular formula is C14H13NO6. The molecule has 7 heteroatoms.